The second-order valence-corrected chi connectivity index (χ2v) is 6.73. The van der Waals surface area contributed by atoms with Crippen LogP contribution in [0.15, 0.2) is 29.2 Å². The summed E-state index contributed by atoms with van der Waals surface area (Å²) in [5.41, 5.74) is -5.60. The van der Waals surface area contributed by atoms with Gasteiger partial charge in [-0.3, -0.25) is 4.55 Å². The predicted molar refractivity (Wildman–Crippen MR) is 54.9 cm³/mol. The van der Waals surface area contributed by atoms with Gasteiger partial charge in [0.2, 0.25) is 0 Å². The van der Waals surface area contributed by atoms with Gasteiger partial charge in [0.25, 0.3) is 20.0 Å². The van der Waals surface area contributed by atoms with Crippen molar-refractivity contribution in [2.75, 3.05) is 0 Å². The van der Waals surface area contributed by atoms with Crippen LogP contribution in [0.4, 0.5) is 13.2 Å². The summed E-state index contributed by atoms with van der Waals surface area (Å²) in [6.07, 6.45) is 0. The summed E-state index contributed by atoms with van der Waals surface area (Å²) >= 11 is 0. The van der Waals surface area contributed by atoms with Crippen LogP contribution in [-0.2, 0) is 25.7 Å². The van der Waals surface area contributed by atoms with Crippen molar-refractivity contribution >= 4 is 20.0 Å². The van der Waals surface area contributed by atoms with Gasteiger partial charge in [0.1, 0.15) is 0 Å². The van der Waals surface area contributed by atoms with Gasteiger partial charge in [-0.05, 0) is 17.7 Å². The molecule has 0 heterocycles. The van der Waals surface area contributed by atoms with E-state index < -0.39 is 36.1 Å². The highest BCUT2D eigenvalue weighted by Gasteiger charge is 2.45. The summed E-state index contributed by atoms with van der Waals surface area (Å²) in [6, 6.07) is 3.39. The molecule has 0 spiro atoms. The van der Waals surface area contributed by atoms with Gasteiger partial charge in [-0.15, -0.1) is 0 Å². The normalized spacial score (nSPS) is 13.6. The number of alkyl halides is 3. The lowest BCUT2D eigenvalue weighted by molar-refractivity contribution is -0.0437. The molecule has 0 aromatic heterocycles. The molecule has 0 unspecified atom stereocenters. The topological polar surface area (TPSA) is 88.5 Å². The van der Waals surface area contributed by atoms with Crippen LogP contribution in [0.25, 0.3) is 0 Å². The quantitative estimate of drug-likeness (QED) is 0.852. The van der Waals surface area contributed by atoms with Crippen molar-refractivity contribution in [3.8, 4) is 0 Å². The van der Waals surface area contributed by atoms with Crippen molar-refractivity contribution in [1.82, 2.24) is 0 Å². The van der Waals surface area contributed by atoms with Crippen molar-refractivity contribution in [2.24, 2.45) is 0 Å². The second kappa shape index (κ2) is 4.52. The first-order valence-electron chi connectivity index (χ1n) is 4.29. The number of hydrogen-bond donors (Lipinski definition) is 1. The Morgan fingerprint density at radius 3 is 1.78 bits per heavy atom. The highest BCUT2D eigenvalue weighted by Crippen LogP contribution is 2.26. The summed E-state index contributed by atoms with van der Waals surface area (Å²) in [7, 11) is -9.77. The average Bonchev–Trinajstić information content (AvgIpc) is 2.14. The van der Waals surface area contributed by atoms with Crippen LogP contribution in [0.2, 0.25) is 0 Å². The van der Waals surface area contributed by atoms with E-state index in [4.69, 9.17) is 4.55 Å². The van der Waals surface area contributed by atoms with E-state index in [1.807, 2.05) is 0 Å². The fraction of sp³-hybridized carbons (Fsp3) is 0.250. The fourth-order valence-corrected chi connectivity index (χ4v) is 2.33. The van der Waals surface area contributed by atoms with Crippen molar-refractivity contribution in [3.63, 3.8) is 0 Å². The Kier molecular flexibility index (Phi) is 3.75. The van der Waals surface area contributed by atoms with Gasteiger partial charge >= 0.3 is 5.51 Å². The Hall–Kier alpha value is -1.13. The van der Waals surface area contributed by atoms with E-state index in [1.54, 1.807) is 0 Å². The van der Waals surface area contributed by atoms with E-state index in [-0.39, 0.29) is 5.56 Å². The zero-order valence-corrected chi connectivity index (χ0v) is 10.2. The molecule has 1 rings (SSSR count). The molecule has 0 amide bonds. The lowest BCUT2D eigenvalue weighted by atomic mass is 10.2. The molecule has 0 atom stereocenters. The van der Waals surface area contributed by atoms with Gasteiger partial charge < -0.3 is 0 Å². The Bertz CT molecular complexity index is 628. The van der Waals surface area contributed by atoms with Crippen LogP contribution < -0.4 is 0 Å². The summed E-state index contributed by atoms with van der Waals surface area (Å²) in [5.74, 6) is -1.29. The Labute approximate surface area is 101 Å². The zero-order valence-electron chi connectivity index (χ0n) is 8.55. The Morgan fingerprint density at radius 2 is 1.44 bits per heavy atom. The van der Waals surface area contributed by atoms with E-state index in [2.05, 4.69) is 0 Å². The van der Waals surface area contributed by atoms with Crippen LogP contribution in [0.3, 0.4) is 0 Å². The second-order valence-electron chi connectivity index (χ2n) is 3.32. The molecule has 18 heavy (non-hydrogen) atoms. The van der Waals surface area contributed by atoms with Crippen LogP contribution in [0.1, 0.15) is 5.56 Å². The maximum absolute atomic E-state index is 12.1. The van der Waals surface area contributed by atoms with Gasteiger partial charge in [0.05, 0.1) is 10.6 Å². The molecule has 0 aliphatic heterocycles. The number of benzene rings is 1. The van der Waals surface area contributed by atoms with E-state index in [0.717, 1.165) is 24.3 Å². The van der Waals surface area contributed by atoms with Crippen LogP contribution >= 0.6 is 0 Å². The van der Waals surface area contributed by atoms with E-state index >= 15 is 0 Å². The van der Waals surface area contributed by atoms with Crippen LogP contribution in [0.5, 0.6) is 0 Å². The molecule has 10 heteroatoms. The van der Waals surface area contributed by atoms with Gasteiger partial charge in [-0.25, -0.2) is 8.42 Å². The predicted octanol–water partition coefficient (Wildman–Crippen LogP) is 1.37. The molecular weight excluding hydrogens is 297 g/mol. The highest BCUT2D eigenvalue weighted by molar-refractivity contribution is 7.91. The highest BCUT2D eigenvalue weighted by atomic mass is 32.2. The number of hydrogen-bond acceptors (Lipinski definition) is 4. The molecule has 102 valence electrons. The molecule has 0 radical (unpaired) electrons. The molecule has 1 aromatic rings. The van der Waals surface area contributed by atoms with E-state index in [0.29, 0.717) is 0 Å². The first-order valence-corrected chi connectivity index (χ1v) is 7.38. The lowest BCUT2D eigenvalue weighted by Gasteiger charge is -2.08. The van der Waals surface area contributed by atoms with Gasteiger partial charge in [0.15, 0.2) is 0 Å². The maximum Gasteiger partial charge on any atom is 0.497 e. The molecule has 0 saturated heterocycles. The Morgan fingerprint density at radius 1 is 1.00 bits per heavy atom. The lowest BCUT2D eigenvalue weighted by Crippen LogP contribution is -2.24. The first kappa shape index (κ1) is 14.9. The van der Waals surface area contributed by atoms with Crippen LogP contribution in [0, 0.1) is 0 Å². The van der Waals surface area contributed by atoms with E-state index in [1.165, 1.54) is 0 Å². The van der Waals surface area contributed by atoms with Crippen molar-refractivity contribution in [1.29, 1.82) is 0 Å². The van der Waals surface area contributed by atoms with Crippen molar-refractivity contribution in [3.05, 3.63) is 29.8 Å². The molecule has 0 fully saturated rings. The maximum atomic E-state index is 12.1. The number of sulfone groups is 1. The monoisotopic (exact) mass is 304 g/mol. The number of rotatable bonds is 3. The molecular formula is C8H7F3O5S2. The molecule has 0 bridgehead atoms. The molecule has 5 nitrogen and oxygen atoms in total. The molecule has 1 aromatic carbocycles. The third kappa shape index (κ3) is 3.43. The Balaban J connectivity index is 3.03. The molecule has 0 aliphatic rings. The summed E-state index contributed by atoms with van der Waals surface area (Å²) < 4.78 is 87.7. The molecule has 1 N–H and O–H groups in total. The minimum Gasteiger partial charge on any atom is -0.282 e. The summed E-state index contributed by atoms with van der Waals surface area (Å²) in [5, 5.41) is 0. The van der Waals surface area contributed by atoms with Crippen molar-refractivity contribution in [2.45, 2.75) is 16.2 Å². The first-order chi connectivity index (χ1) is 7.93. The zero-order chi connectivity index (χ0) is 14.2. The third-order valence-electron chi connectivity index (χ3n) is 1.93. The number of halogens is 3. The smallest absolute Gasteiger partial charge is 0.282 e. The average molecular weight is 304 g/mol. The fourth-order valence-electron chi connectivity index (χ4n) is 1.06. The molecule has 0 saturated carbocycles. The van der Waals surface area contributed by atoms with Gasteiger partial charge in [0, 0.05) is 0 Å². The van der Waals surface area contributed by atoms with Gasteiger partial charge in [-0.1, -0.05) is 12.1 Å². The third-order valence-corrected chi connectivity index (χ3v) is 4.22. The minimum atomic E-state index is -5.37. The van der Waals surface area contributed by atoms with Gasteiger partial charge in [-0.2, -0.15) is 21.6 Å². The largest absolute Gasteiger partial charge is 0.497 e. The van der Waals surface area contributed by atoms with E-state index in [9.17, 15) is 30.0 Å². The molecule has 0 aliphatic carbocycles. The SMILES string of the molecule is O=S(=O)(O)c1ccc(CS(=O)(=O)C(F)(F)F)cc1. The summed E-state index contributed by atoms with van der Waals surface area (Å²) in [4.78, 5) is -0.532. The van der Waals surface area contributed by atoms with Crippen molar-refractivity contribution < 1.29 is 34.6 Å². The minimum absolute atomic E-state index is 0.236. The summed E-state index contributed by atoms with van der Waals surface area (Å²) in [6.45, 7) is 0. The standard InChI is InChI=1S/C8H7F3O5S2/c9-8(10,11)17(12,13)5-6-1-3-7(4-2-6)18(14,15)16/h1-4H,5H2,(H,14,15,16). The van der Waals surface area contributed by atoms with Crippen LogP contribution in [-0.4, -0.2) is 26.9 Å².